The van der Waals surface area contributed by atoms with Crippen molar-refractivity contribution < 1.29 is 4.39 Å². The van der Waals surface area contributed by atoms with Crippen molar-refractivity contribution in [3.05, 3.63) is 59.4 Å². The van der Waals surface area contributed by atoms with Gasteiger partial charge in [-0.25, -0.2) is 4.39 Å². The number of hydrogen-bond acceptors (Lipinski definition) is 0. The van der Waals surface area contributed by atoms with Crippen LogP contribution in [0.3, 0.4) is 0 Å². The highest BCUT2D eigenvalue weighted by atomic mass is 19.1. The van der Waals surface area contributed by atoms with Crippen LogP contribution in [0.1, 0.15) is 120 Å². The summed E-state index contributed by atoms with van der Waals surface area (Å²) in [5, 5.41) is 0. The average molecular weight is 435 g/mol. The highest BCUT2D eigenvalue weighted by Gasteiger charge is 2.23. The lowest BCUT2D eigenvalue weighted by atomic mass is 9.76. The van der Waals surface area contributed by atoms with E-state index in [1.807, 2.05) is 12.1 Å². The number of hydrogen-bond donors (Lipinski definition) is 0. The summed E-state index contributed by atoms with van der Waals surface area (Å²) in [7, 11) is 0. The van der Waals surface area contributed by atoms with Crippen LogP contribution < -0.4 is 0 Å². The Labute approximate surface area is 196 Å². The second kappa shape index (κ2) is 11.5. The van der Waals surface area contributed by atoms with Crippen molar-refractivity contribution in [2.75, 3.05) is 0 Å². The highest BCUT2D eigenvalue weighted by Crippen LogP contribution is 2.40. The van der Waals surface area contributed by atoms with Gasteiger partial charge in [-0.15, -0.1) is 0 Å². The Kier molecular flexibility index (Phi) is 8.44. The fourth-order valence-electron chi connectivity index (χ4n) is 6.33. The van der Waals surface area contributed by atoms with Crippen molar-refractivity contribution in [2.45, 2.75) is 109 Å². The lowest BCUT2D eigenvalue weighted by Crippen LogP contribution is -2.13. The van der Waals surface area contributed by atoms with E-state index >= 15 is 4.39 Å². The molecule has 174 valence electrons. The van der Waals surface area contributed by atoms with E-state index < -0.39 is 0 Å². The first-order valence-electron chi connectivity index (χ1n) is 13.6. The van der Waals surface area contributed by atoms with Crippen LogP contribution in [0, 0.1) is 17.7 Å². The number of rotatable bonds is 8. The maximum Gasteiger partial charge on any atom is 0.131 e. The summed E-state index contributed by atoms with van der Waals surface area (Å²) in [4.78, 5) is 0. The maximum atomic E-state index is 15.1. The van der Waals surface area contributed by atoms with E-state index in [2.05, 4.69) is 44.2 Å². The van der Waals surface area contributed by atoms with Crippen LogP contribution in [0.15, 0.2) is 42.5 Å². The van der Waals surface area contributed by atoms with Gasteiger partial charge >= 0.3 is 0 Å². The fraction of sp³-hybridized carbons (Fsp3) is 0.613. The lowest BCUT2D eigenvalue weighted by Gasteiger charge is -2.29. The second-order valence-electron chi connectivity index (χ2n) is 10.7. The Hall–Kier alpha value is -1.63. The first kappa shape index (κ1) is 23.5. The molecule has 0 aliphatic heterocycles. The molecule has 4 rings (SSSR count). The zero-order chi connectivity index (χ0) is 22.3. The van der Waals surface area contributed by atoms with Crippen molar-refractivity contribution >= 4 is 0 Å². The standard InChI is InChI=1S/C31H43F/c1-3-5-6-7-24-10-14-27(15-11-24)29-20-21-30(31(32)22-29)28-18-16-26(17-19-28)25-12-8-23(4-2)9-13-25/h16-25,27H,3-15H2,1-2H3. The van der Waals surface area contributed by atoms with Crippen LogP contribution in [0.5, 0.6) is 0 Å². The van der Waals surface area contributed by atoms with Gasteiger partial charge < -0.3 is 0 Å². The molecule has 0 bridgehead atoms. The molecule has 2 aromatic carbocycles. The summed E-state index contributed by atoms with van der Waals surface area (Å²) in [6, 6.07) is 14.8. The molecule has 2 aliphatic carbocycles. The zero-order valence-corrected chi connectivity index (χ0v) is 20.4. The molecule has 1 heteroatoms. The van der Waals surface area contributed by atoms with Gasteiger partial charge in [0.25, 0.3) is 0 Å². The van der Waals surface area contributed by atoms with Crippen molar-refractivity contribution in [1.82, 2.24) is 0 Å². The monoisotopic (exact) mass is 434 g/mol. The minimum Gasteiger partial charge on any atom is -0.206 e. The van der Waals surface area contributed by atoms with Gasteiger partial charge in [0.05, 0.1) is 0 Å². The molecule has 0 atom stereocenters. The minimum atomic E-state index is -0.0521. The lowest BCUT2D eigenvalue weighted by molar-refractivity contribution is 0.302. The molecule has 2 fully saturated rings. The molecule has 32 heavy (non-hydrogen) atoms. The molecule has 0 saturated heterocycles. The van der Waals surface area contributed by atoms with Crippen molar-refractivity contribution in [1.29, 1.82) is 0 Å². The van der Waals surface area contributed by atoms with Gasteiger partial charge in [0.1, 0.15) is 5.82 Å². The molecule has 0 N–H and O–H groups in total. The molecule has 2 saturated carbocycles. The summed E-state index contributed by atoms with van der Waals surface area (Å²) < 4.78 is 15.1. The second-order valence-corrected chi connectivity index (χ2v) is 10.7. The Balaban J connectivity index is 1.35. The summed E-state index contributed by atoms with van der Waals surface area (Å²) >= 11 is 0. The molecule has 0 radical (unpaired) electrons. The normalized spacial score (nSPS) is 26.2. The predicted molar refractivity (Wildman–Crippen MR) is 136 cm³/mol. The molecule has 2 aromatic rings. The van der Waals surface area contributed by atoms with E-state index in [-0.39, 0.29) is 5.82 Å². The Morgan fingerprint density at radius 3 is 1.88 bits per heavy atom. The van der Waals surface area contributed by atoms with E-state index in [4.69, 9.17) is 0 Å². The van der Waals surface area contributed by atoms with Crippen molar-refractivity contribution in [3.8, 4) is 11.1 Å². The van der Waals surface area contributed by atoms with Gasteiger partial charge in [-0.3, -0.25) is 0 Å². The number of unbranched alkanes of at least 4 members (excludes halogenated alkanes) is 2. The van der Waals surface area contributed by atoms with Crippen LogP contribution in [0.25, 0.3) is 11.1 Å². The van der Waals surface area contributed by atoms with E-state index in [9.17, 15) is 0 Å². The third-order valence-electron chi connectivity index (χ3n) is 8.64. The highest BCUT2D eigenvalue weighted by molar-refractivity contribution is 5.65. The van der Waals surface area contributed by atoms with Crippen LogP contribution in [0.2, 0.25) is 0 Å². The molecule has 0 heterocycles. The smallest absolute Gasteiger partial charge is 0.131 e. The van der Waals surface area contributed by atoms with Crippen LogP contribution in [-0.4, -0.2) is 0 Å². The number of benzene rings is 2. The average Bonchev–Trinajstić information content (AvgIpc) is 2.85. The van der Waals surface area contributed by atoms with Gasteiger partial charge in [0.15, 0.2) is 0 Å². The van der Waals surface area contributed by atoms with Crippen LogP contribution in [0.4, 0.5) is 4.39 Å². The topological polar surface area (TPSA) is 0 Å². The van der Waals surface area contributed by atoms with Crippen LogP contribution in [-0.2, 0) is 0 Å². The SMILES string of the molecule is CCCCCC1CCC(c2ccc(-c3ccc(C4CCC(CC)CC4)cc3)c(F)c2)CC1. The van der Waals surface area contributed by atoms with E-state index in [1.54, 1.807) is 0 Å². The summed E-state index contributed by atoms with van der Waals surface area (Å²) in [6.45, 7) is 4.60. The van der Waals surface area contributed by atoms with Gasteiger partial charge in [-0.2, -0.15) is 0 Å². The van der Waals surface area contributed by atoms with E-state index in [0.29, 0.717) is 11.8 Å². The minimum absolute atomic E-state index is 0.0521. The first-order valence-corrected chi connectivity index (χ1v) is 13.6. The quantitative estimate of drug-likeness (QED) is 0.362. The molecule has 0 spiro atoms. The Morgan fingerprint density at radius 2 is 1.28 bits per heavy atom. The molecule has 0 amide bonds. The third-order valence-corrected chi connectivity index (χ3v) is 8.64. The van der Waals surface area contributed by atoms with E-state index in [0.717, 1.165) is 23.0 Å². The first-order chi connectivity index (χ1) is 15.7. The molecular formula is C31H43F. The maximum absolute atomic E-state index is 15.1. The zero-order valence-electron chi connectivity index (χ0n) is 20.4. The third kappa shape index (κ3) is 5.83. The van der Waals surface area contributed by atoms with E-state index in [1.165, 1.54) is 94.6 Å². The summed E-state index contributed by atoms with van der Waals surface area (Å²) in [5.41, 5.74) is 4.42. The molecular weight excluding hydrogens is 391 g/mol. The summed E-state index contributed by atoms with van der Waals surface area (Å²) in [5.74, 6) is 3.01. The predicted octanol–water partition coefficient (Wildman–Crippen LogP) is 10.0. The van der Waals surface area contributed by atoms with Gasteiger partial charge in [-0.05, 0) is 97.8 Å². The van der Waals surface area contributed by atoms with Crippen LogP contribution >= 0.6 is 0 Å². The van der Waals surface area contributed by atoms with Gasteiger partial charge in [0, 0.05) is 5.56 Å². The largest absolute Gasteiger partial charge is 0.206 e. The molecule has 0 nitrogen and oxygen atoms in total. The Bertz CT molecular complexity index is 820. The van der Waals surface area contributed by atoms with Gasteiger partial charge in [-0.1, -0.05) is 82.3 Å². The van der Waals surface area contributed by atoms with Crippen molar-refractivity contribution in [2.24, 2.45) is 11.8 Å². The molecule has 2 aliphatic rings. The molecule has 0 unspecified atom stereocenters. The van der Waals surface area contributed by atoms with Gasteiger partial charge in [0.2, 0.25) is 0 Å². The summed E-state index contributed by atoms with van der Waals surface area (Å²) in [6.07, 6.45) is 17.2. The number of halogens is 1. The fourth-order valence-corrected chi connectivity index (χ4v) is 6.33. The van der Waals surface area contributed by atoms with Crippen molar-refractivity contribution in [3.63, 3.8) is 0 Å². The molecule has 0 aromatic heterocycles. The Morgan fingerprint density at radius 1 is 0.688 bits per heavy atom.